The molecule has 0 atom stereocenters. The minimum absolute atomic E-state index is 0.135. The Bertz CT molecular complexity index is 803. The molecule has 6 heteroatoms. The first-order chi connectivity index (χ1) is 10.9. The summed E-state index contributed by atoms with van der Waals surface area (Å²) in [5, 5.41) is 0. The summed E-state index contributed by atoms with van der Waals surface area (Å²) in [7, 11) is -1.98. The van der Waals surface area contributed by atoms with Gasteiger partial charge in [-0.25, -0.2) is 0 Å². The van der Waals surface area contributed by atoms with E-state index >= 15 is 0 Å². The summed E-state index contributed by atoms with van der Waals surface area (Å²) < 4.78 is 31.8. The molecule has 0 fully saturated rings. The second-order valence-corrected chi connectivity index (χ2v) is 6.36. The van der Waals surface area contributed by atoms with E-state index in [0.29, 0.717) is 11.3 Å². The van der Waals surface area contributed by atoms with Gasteiger partial charge in [-0.1, -0.05) is 18.2 Å². The lowest BCUT2D eigenvalue weighted by atomic mass is 10.1. The predicted molar refractivity (Wildman–Crippen MR) is 88.3 cm³/mol. The van der Waals surface area contributed by atoms with Crippen LogP contribution in [0.25, 0.3) is 6.08 Å². The molecule has 0 saturated heterocycles. The number of rotatable bonds is 6. The lowest BCUT2D eigenvalue weighted by Crippen LogP contribution is -2.05. The van der Waals surface area contributed by atoms with Crippen molar-refractivity contribution in [2.75, 3.05) is 13.4 Å². The zero-order valence-corrected chi connectivity index (χ0v) is 13.5. The molecular weight excluding hydrogens is 316 g/mol. The van der Waals surface area contributed by atoms with Gasteiger partial charge in [-0.15, -0.1) is 0 Å². The van der Waals surface area contributed by atoms with Gasteiger partial charge in [0.2, 0.25) is 0 Å². The third-order valence-corrected chi connectivity index (χ3v) is 3.42. The van der Waals surface area contributed by atoms with Gasteiger partial charge in [0.1, 0.15) is 11.5 Å². The lowest BCUT2D eigenvalue weighted by Gasteiger charge is -2.02. The first-order valence-electron chi connectivity index (χ1n) is 6.73. The van der Waals surface area contributed by atoms with E-state index in [1.165, 1.54) is 18.2 Å². The van der Waals surface area contributed by atoms with E-state index in [1.807, 2.05) is 0 Å². The molecule has 0 aliphatic rings. The molecule has 0 aromatic heterocycles. The van der Waals surface area contributed by atoms with Crippen LogP contribution < -0.4 is 8.92 Å². The van der Waals surface area contributed by atoms with E-state index < -0.39 is 10.1 Å². The first-order valence-corrected chi connectivity index (χ1v) is 8.55. The molecule has 5 nitrogen and oxygen atoms in total. The van der Waals surface area contributed by atoms with E-state index in [4.69, 9.17) is 8.92 Å². The van der Waals surface area contributed by atoms with Gasteiger partial charge in [-0.2, -0.15) is 8.42 Å². The zero-order valence-electron chi connectivity index (χ0n) is 12.7. The normalized spacial score (nSPS) is 11.4. The molecule has 0 bridgehead atoms. The van der Waals surface area contributed by atoms with Crippen LogP contribution in [0.1, 0.15) is 15.9 Å². The summed E-state index contributed by atoms with van der Waals surface area (Å²) in [6.45, 7) is 0. The smallest absolute Gasteiger partial charge is 0.306 e. The van der Waals surface area contributed by atoms with Crippen LogP contribution in [0, 0.1) is 0 Å². The van der Waals surface area contributed by atoms with Gasteiger partial charge in [-0.3, -0.25) is 4.79 Å². The summed E-state index contributed by atoms with van der Waals surface area (Å²) in [4.78, 5) is 12.0. The Kier molecular flexibility index (Phi) is 5.18. The summed E-state index contributed by atoms with van der Waals surface area (Å²) in [6.07, 6.45) is 4.08. The van der Waals surface area contributed by atoms with Crippen LogP contribution in [0.3, 0.4) is 0 Å². The minimum Gasteiger partial charge on any atom is -0.497 e. The third-order valence-electron chi connectivity index (χ3n) is 2.93. The standard InChI is InChI=1S/C17H16O5S/c1-21-15-10-6-14(7-11-15)17(18)12-5-13-3-8-16(9-4-13)22-23(2,19)20/h3-12H,1-2H3/b12-5-. The van der Waals surface area contributed by atoms with Gasteiger partial charge >= 0.3 is 10.1 Å². The molecular formula is C17H16O5S. The number of allylic oxidation sites excluding steroid dienone is 1. The topological polar surface area (TPSA) is 69.7 Å². The van der Waals surface area contributed by atoms with Crippen molar-refractivity contribution >= 4 is 22.0 Å². The Hall–Kier alpha value is -2.60. The summed E-state index contributed by atoms with van der Waals surface area (Å²) in [5.74, 6) is 0.780. The van der Waals surface area contributed by atoms with Gasteiger partial charge in [-0.05, 0) is 48.0 Å². The van der Waals surface area contributed by atoms with E-state index in [1.54, 1.807) is 49.6 Å². The highest BCUT2D eigenvalue weighted by atomic mass is 32.2. The van der Waals surface area contributed by atoms with Crippen LogP contribution in [0.2, 0.25) is 0 Å². The quantitative estimate of drug-likeness (QED) is 0.462. The maximum absolute atomic E-state index is 12.0. The van der Waals surface area contributed by atoms with Crippen LogP contribution in [0.4, 0.5) is 0 Å². The van der Waals surface area contributed by atoms with Crippen molar-refractivity contribution in [3.8, 4) is 11.5 Å². The van der Waals surface area contributed by atoms with Crippen molar-refractivity contribution in [3.63, 3.8) is 0 Å². The maximum Gasteiger partial charge on any atom is 0.306 e. The number of carbonyl (C=O) groups is 1. The van der Waals surface area contributed by atoms with Crippen LogP contribution >= 0.6 is 0 Å². The van der Waals surface area contributed by atoms with Crippen molar-refractivity contribution < 1.29 is 22.1 Å². The molecule has 23 heavy (non-hydrogen) atoms. The van der Waals surface area contributed by atoms with E-state index in [0.717, 1.165) is 11.8 Å². The number of methoxy groups -OCH3 is 1. The highest BCUT2D eigenvalue weighted by molar-refractivity contribution is 7.86. The van der Waals surface area contributed by atoms with Gasteiger partial charge in [0.05, 0.1) is 13.4 Å². The summed E-state index contributed by atoms with van der Waals surface area (Å²) in [5.41, 5.74) is 1.31. The number of benzene rings is 2. The molecule has 0 amide bonds. The summed E-state index contributed by atoms with van der Waals surface area (Å²) >= 11 is 0. The van der Waals surface area contributed by atoms with Crippen LogP contribution in [0.5, 0.6) is 11.5 Å². The van der Waals surface area contributed by atoms with Crippen molar-refractivity contribution in [1.29, 1.82) is 0 Å². The van der Waals surface area contributed by atoms with E-state index in [-0.39, 0.29) is 11.5 Å². The Morgan fingerprint density at radius 1 is 0.957 bits per heavy atom. The molecule has 2 rings (SSSR count). The number of ether oxygens (including phenoxy) is 1. The fourth-order valence-electron chi connectivity index (χ4n) is 1.83. The maximum atomic E-state index is 12.0. The molecule has 0 N–H and O–H groups in total. The second-order valence-electron chi connectivity index (χ2n) is 4.78. The average molecular weight is 332 g/mol. The van der Waals surface area contributed by atoms with Crippen molar-refractivity contribution in [2.45, 2.75) is 0 Å². The van der Waals surface area contributed by atoms with Crippen molar-refractivity contribution in [1.82, 2.24) is 0 Å². The molecule has 2 aromatic carbocycles. The third kappa shape index (κ3) is 5.27. The molecule has 0 radical (unpaired) electrons. The van der Waals surface area contributed by atoms with Crippen LogP contribution in [-0.4, -0.2) is 27.6 Å². The Balaban J connectivity index is 2.05. The van der Waals surface area contributed by atoms with E-state index in [9.17, 15) is 13.2 Å². The molecule has 120 valence electrons. The first kappa shape index (κ1) is 16.8. The van der Waals surface area contributed by atoms with Gasteiger partial charge < -0.3 is 8.92 Å². The van der Waals surface area contributed by atoms with Crippen LogP contribution in [-0.2, 0) is 10.1 Å². The molecule has 0 saturated carbocycles. The van der Waals surface area contributed by atoms with Crippen molar-refractivity contribution in [3.05, 3.63) is 65.7 Å². The van der Waals surface area contributed by atoms with E-state index in [2.05, 4.69) is 0 Å². The lowest BCUT2D eigenvalue weighted by molar-refractivity contribution is 0.104. The highest BCUT2D eigenvalue weighted by Crippen LogP contribution is 2.16. The number of hydrogen-bond acceptors (Lipinski definition) is 5. The molecule has 0 heterocycles. The Labute approximate surface area is 135 Å². The Morgan fingerprint density at radius 3 is 2.04 bits per heavy atom. The van der Waals surface area contributed by atoms with Crippen molar-refractivity contribution in [2.24, 2.45) is 0 Å². The number of hydrogen-bond donors (Lipinski definition) is 0. The fourth-order valence-corrected chi connectivity index (χ4v) is 2.29. The SMILES string of the molecule is COc1ccc(C(=O)/C=C\c2ccc(OS(C)(=O)=O)cc2)cc1. The fraction of sp³-hybridized carbons (Fsp3) is 0.118. The molecule has 0 spiro atoms. The van der Waals surface area contributed by atoms with Gasteiger partial charge in [0, 0.05) is 5.56 Å². The number of ketones is 1. The van der Waals surface area contributed by atoms with Gasteiger partial charge in [0.25, 0.3) is 0 Å². The minimum atomic E-state index is -3.54. The van der Waals surface area contributed by atoms with Crippen LogP contribution in [0.15, 0.2) is 54.6 Å². The van der Waals surface area contributed by atoms with Gasteiger partial charge in [0.15, 0.2) is 5.78 Å². The largest absolute Gasteiger partial charge is 0.497 e. The molecule has 2 aromatic rings. The molecule has 0 aliphatic heterocycles. The number of carbonyl (C=O) groups excluding carboxylic acids is 1. The zero-order chi connectivity index (χ0) is 16.9. The average Bonchev–Trinajstić information content (AvgIpc) is 2.52. The predicted octanol–water partition coefficient (Wildman–Crippen LogP) is 2.93. The monoisotopic (exact) mass is 332 g/mol. The molecule has 0 aliphatic carbocycles. The Morgan fingerprint density at radius 2 is 1.52 bits per heavy atom. The summed E-state index contributed by atoms with van der Waals surface area (Å²) in [6, 6.07) is 13.2. The highest BCUT2D eigenvalue weighted by Gasteiger charge is 2.04. The second kappa shape index (κ2) is 7.11. The molecule has 0 unspecified atom stereocenters.